The van der Waals surface area contributed by atoms with Crippen LogP contribution in [0.25, 0.3) is 22.6 Å². The maximum Gasteiger partial charge on any atom is 0.213 e. The van der Waals surface area contributed by atoms with Crippen molar-refractivity contribution in [3.63, 3.8) is 0 Å². The number of sulfonamides is 1. The van der Waals surface area contributed by atoms with E-state index in [0.717, 1.165) is 16.6 Å². The Labute approximate surface area is 171 Å². The van der Waals surface area contributed by atoms with E-state index in [0.29, 0.717) is 49.3 Å². The minimum Gasteiger partial charge on any atom is -0.382 e. The molecule has 4 rings (SSSR count). The molecule has 0 unspecified atom stereocenters. The van der Waals surface area contributed by atoms with Crippen molar-refractivity contribution in [2.75, 3.05) is 42.6 Å². The van der Waals surface area contributed by atoms with Crippen molar-refractivity contribution in [2.45, 2.75) is 13.8 Å². The van der Waals surface area contributed by atoms with E-state index < -0.39 is 10.0 Å². The monoisotopic (exact) mass is 417 g/mol. The number of hydrogen-bond donors (Lipinski definition) is 1. The van der Waals surface area contributed by atoms with Crippen molar-refractivity contribution >= 4 is 32.7 Å². The number of rotatable bonds is 4. The quantitative estimate of drug-likeness (QED) is 0.687. The molecule has 2 N–H and O–H groups in total. The number of imidazole rings is 1. The predicted octanol–water partition coefficient (Wildman–Crippen LogP) is 1.64. The number of anilines is 2. The van der Waals surface area contributed by atoms with Crippen LogP contribution in [0.15, 0.2) is 24.4 Å². The summed E-state index contributed by atoms with van der Waals surface area (Å²) in [5, 5.41) is 0. The molecule has 1 fully saturated rings. The molecule has 1 aromatic carbocycles. The van der Waals surface area contributed by atoms with Crippen LogP contribution in [0.2, 0.25) is 0 Å². The normalized spacial score (nSPS) is 15.9. The highest BCUT2D eigenvalue weighted by Crippen LogP contribution is 2.28. The number of fused-ring (bicyclic) bond motifs is 1. The molecule has 156 valence electrons. The fourth-order valence-corrected chi connectivity index (χ4v) is 4.68. The van der Waals surface area contributed by atoms with Gasteiger partial charge in [0.1, 0.15) is 5.82 Å². The summed E-state index contributed by atoms with van der Waals surface area (Å²) < 4.78 is 27.7. The average molecular weight is 418 g/mol. The minimum atomic E-state index is -3.17. The number of nitrogens with zero attached hydrogens (tertiary/aromatic N) is 6. The van der Waals surface area contributed by atoms with Crippen molar-refractivity contribution in [1.29, 1.82) is 0 Å². The molecule has 0 aliphatic carbocycles. The standard InChI is InChI=1S/C19H25N7O2S.H2/c1-4-29(27,28)26-9-7-25(8-10-26)16-12-21-18(20)17(23-16)19-22-14-6-5-13(2)11-15(14)24(19)3;/h5-6,11-12H,4,7-10H2,1-3H3,(H2,20,21);1H. The van der Waals surface area contributed by atoms with E-state index in [1.807, 2.05) is 35.6 Å². The summed E-state index contributed by atoms with van der Waals surface area (Å²) in [4.78, 5) is 15.8. The molecule has 1 aliphatic heterocycles. The summed E-state index contributed by atoms with van der Waals surface area (Å²) in [5.41, 5.74) is 9.70. The molecule has 1 aliphatic rings. The molecule has 3 heterocycles. The van der Waals surface area contributed by atoms with Crippen LogP contribution < -0.4 is 10.6 Å². The van der Waals surface area contributed by atoms with Gasteiger partial charge in [0.05, 0.1) is 23.0 Å². The van der Waals surface area contributed by atoms with Crippen molar-refractivity contribution < 1.29 is 9.84 Å². The maximum atomic E-state index is 12.1. The SMILES string of the molecule is CCS(=O)(=O)N1CCN(c2cnc(N)c(-c3nc4ccc(C)cc4n3C)n2)CC1.[HH]. The smallest absolute Gasteiger partial charge is 0.213 e. The second-order valence-electron chi connectivity index (χ2n) is 7.24. The molecule has 0 saturated carbocycles. The summed E-state index contributed by atoms with van der Waals surface area (Å²) in [5.74, 6) is 1.76. The Morgan fingerprint density at radius 3 is 2.59 bits per heavy atom. The largest absolute Gasteiger partial charge is 0.382 e. The summed E-state index contributed by atoms with van der Waals surface area (Å²) in [7, 11) is -1.23. The maximum absolute atomic E-state index is 12.1. The van der Waals surface area contributed by atoms with E-state index >= 15 is 0 Å². The van der Waals surface area contributed by atoms with Gasteiger partial charge in [-0.1, -0.05) is 6.07 Å². The lowest BCUT2D eigenvalue weighted by molar-refractivity contribution is 0.384. The van der Waals surface area contributed by atoms with Gasteiger partial charge in [-0.05, 0) is 31.5 Å². The molecule has 3 aromatic rings. The lowest BCUT2D eigenvalue weighted by Crippen LogP contribution is -2.49. The fourth-order valence-electron chi connectivity index (χ4n) is 3.60. The molecule has 1 saturated heterocycles. The van der Waals surface area contributed by atoms with Gasteiger partial charge in [-0.3, -0.25) is 0 Å². The first-order chi connectivity index (χ1) is 13.8. The molecular weight excluding hydrogens is 390 g/mol. The zero-order valence-corrected chi connectivity index (χ0v) is 17.6. The van der Waals surface area contributed by atoms with E-state index in [1.54, 1.807) is 13.1 Å². The van der Waals surface area contributed by atoms with Gasteiger partial charge in [-0.25, -0.2) is 23.4 Å². The van der Waals surface area contributed by atoms with Crippen LogP contribution in [0.1, 0.15) is 13.9 Å². The Bertz CT molecular complexity index is 1170. The Morgan fingerprint density at radius 1 is 1.17 bits per heavy atom. The zero-order chi connectivity index (χ0) is 20.8. The molecule has 0 radical (unpaired) electrons. The van der Waals surface area contributed by atoms with Gasteiger partial charge in [-0.2, -0.15) is 4.31 Å². The summed E-state index contributed by atoms with van der Waals surface area (Å²) >= 11 is 0. The van der Waals surface area contributed by atoms with Crippen LogP contribution in [0, 0.1) is 6.92 Å². The summed E-state index contributed by atoms with van der Waals surface area (Å²) in [6, 6.07) is 6.08. The van der Waals surface area contributed by atoms with Gasteiger partial charge in [-0.15, -0.1) is 0 Å². The second-order valence-corrected chi connectivity index (χ2v) is 9.49. The Morgan fingerprint density at radius 2 is 1.90 bits per heavy atom. The Kier molecular flexibility index (Phi) is 4.91. The van der Waals surface area contributed by atoms with E-state index in [2.05, 4.69) is 11.1 Å². The number of nitrogens with two attached hydrogens (primary N) is 1. The zero-order valence-electron chi connectivity index (χ0n) is 16.8. The highest BCUT2D eigenvalue weighted by atomic mass is 32.2. The van der Waals surface area contributed by atoms with Gasteiger partial charge < -0.3 is 15.2 Å². The van der Waals surface area contributed by atoms with Gasteiger partial charge >= 0.3 is 0 Å². The molecule has 0 spiro atoms. The number of benzene rings is 1. The van der Waals surface area contributed by atoms with Gasteiger partial charge in [0.15, 0.2) is 17.3 Å². The Hall–Kier alpha value is -2.72. The molecule has 10 heteroatoms. The fraction of sp³-hybridized carbons (Fsp3) is 0.421. The molecule has 0 amide bonds. The first kappa shape index (κ1) is 19.6. The number of hydrogen-bond acceptors (Lipinski definition) is 7. The summed E-state index contributed by atoms with van der Waals surface area (Å²) in [6.45, 7) is 5.68. The van der Waals surface area contributed by atoms with Crippen LogP contribution >= 0.6 is 0 Å². The van der Waals surface area contributed by atoms with E-state index in [9.17, 15) is 8.42 Å². The van der Waals surface area contributed by atoms with E-state index in [4.69, 9.17) is 15.7 Å². The lowest BCUT2D eigenvalue weighted by Gasteiger charge is -2.34. The third-order valence-electron chi connectivity index (χ3n) is 5.36. The molecule has 2 aromatic heterocycles. The first-order valence-electron chi connectivity index (χ1n) is 9.59. The van der Waals surface area contributed by atoms with Crippen LogP contribution in [0.5, 0.6) is 0 Å². The third kappa shape index (κ3) is 3.53. The molecule has 0 atom stereocenters. The van der Waals surface area contributed by atoms with Crippen LogP contribution in [0.4, 0.5) is 11.6 Å². The van der Waals surface area contributed by atoms with Crippen LogP contribution in [-0.4, -0.2) is 64.2 Å². The highest BCUT2D eigenvalue weighted by molar-refractivity contribution is 7.89. The highest BCUT2D eigenvalue weighted by Gasteiger charge is 2.27. The van der Waals surface area contributed by atoms with E-state index in [-0.39, 0.29) is 7.18 Å². The molecule has 9 nitrogen and oxygen atoms in total. The van der Waals surface area contributed by atoms with Gasteiger partial charge in [0.2, 0.25) is 10.0 Å². The van der Waals surface area contributed by atoms with Crippen LogP contribution in [0.3, 0.4) is 0 Å². The van der Waals surface area contributed by atoms with Crippen LogP contribution in [-0.2, 0) is 17.1 Å². The van der Waals surface area contributed by atoms with Gasteiger partial charge in [0.25, 0.3) is 0 Å². The Balaban J connectivity index is 0.00000256. The minimum absolute atomic E-state index is 0. The number of aryl methyl sites for hydroxylation is 2. The van der Waals surface area contributed by atoms with Crippen molar-refractivity contribution in [1.82, 2.24) is 23.8 Å². The average Bonchev–Trinajstić information content (AvgIpc) is 3.04. The topological polar surface area (TPSA) is 110 Å². The lowest BCUT2D eigenvalue weighted by atomic mass is 10.2. The molecule has 29 heavy (non-hydrogen) atoms. The number of piperazine rings is 1. The second kappa shape index (κ2) is 7.27. The van der Waals surface area contributed by atoms with Crippen molar-refractivity contribution in [3.05, 3.63) is 30.0 Å². The first-order valence-corrected chi connectivity index (χ1v) is 11.2. The van der Waals surface area contributed by atoms with Gasteiger partial charge in [0, 0.05) is 34.7 Å². The predicted molar refractivity (Wildman–Crippen MR) is 116 cm³/mol. The third-order valence-corrected chi connectivity index (χ3v) is 7.24. The van der Waals surface area contributed by atoms with Crippen molar-refractivity contribution in [2.24, 2.45) is 7.05 Å². The number of aromatic nitrogens is 4. The summed E-state index contributed by atoms with van der Waals surface area (Å²) in [6.07, 6.45) is 1.63. The molecule has 0 bridgehead atoms. The molecular formula is C19H27N7O2S. The van der Waals surface area contributed by atoms with E-state index in [1.165, 1.54) is 4.31 Å². The van der Waals surface area contributed by atoms with Crippen molar-refractivity contribution in [3.8, 4) is 11.5 Å². The number of nitrogen functional groups attached to an aromatic ring is 1.